The van der Waals surface area contributed by atoms with E-state index >= 15 is 0 Å². The van der Waals surface area contributed by atoms with Crippen LogP contribution in [0.25, 0.3) is 0 Å². The van der Waals surface area contributed by atoms with Crippen molar-refractivity contribution in [1.82, 2.24) is 14.1 Å². The summed E-state index contributed by atoms with van der Waals surface area (Å²) in [7, 11) is -3.50. The molecule has 1 unspecified atom stereocenters. The summed E-state index contributed by atoms with van der Waals surface area (Å²) < 4.78 is 28.4. The summed E-state index contributed by atoms with van der Waals surface area (Å²) in [6.07, 6.45) is 4.74. The van der Waals surface area contributed by atoms with Crippen LogP contribution in [0.15, 0.2) is 64.5 Å². The predicted octanol–water partition coefficient (Wildman–Crippen LogP) is 3.65. The number of hydrogen-bond donors (Lipinski definition) is 1. The van der Waals surface area contributed by atoms with Crippen LogP contribution in [0.1, 0.15) is 24.2 Å². The monoisotopic (exact) mass is 484 g/mol. The lowest BCUT2D eigenvalue weighted by molar-refractivity contribution is -0.129. The fourth-order valence-corrected chi connectivity index (χ4v) is 7.01. The Labute approximate surface area is 199 Å². The minimum Gasteiger partial charge on any atom is -0.354 e. The molecule has 3 aliphatic heterocycles. The number of hydrogen-bond acceptors (Lipinski definition) is 6. The van der Waals surface area contributed by atoms with E-state index in [4.69, 9.17) is 0 Å². The summed E-state index contributed by atoms with van der Waals surface area (Å²) in [4.78, 5) is 18.4. The molecule has 33 heavy (non-hydrogen) atoms. The highest BCUT2D eigenvalue weighted by Crippen LogP contribution is 2.45. The van der Waals surface area contributed by atoms with E-state index < -0.39 is 15.3 Å². The quantitative estimate of drug-likeness (QED) is 0.596. The third kappa shape index (κ3) is 4.55. The molecule has 0 radical (unpaired) electrons. The van der Waals surface area contributed by atoms with Gasteiger partial charge in [-0.15, -0.1) is 0 Å². The number of amides is 1. The molecule has 2 aromatic rings. The first-order valence-electron chi connectivity index (χ1n) is 11.3. The van der Waals surface area contributed by atoms with Gasteiger partial charge in [-0.1, -0.05) is 36.0 Å². The summed E-state index contributed by atoms with van der Waals surface area (Å²) in [6, 6.07) is 14.0. The molecule has 1 saturated heterocycles. The van der Waals surface area contributed by atoms with E-state index in [1.165, 1.54) is 0 Å². The molecule has 7 nitrogen and oxygen atoms in total. The van der Waals surface area contributed by atoms with Crippen LogP contribution in [0.2, 0.25) is 0 Å². The number of para-hydroxylation sites is 1. The Morgan fingerprint density at radius 3 is 2.55 bits per heavy atom. The van der Waals surface area contributed by atoms with Crippen LogP contribution in [-0.2, 0) is 14.8 Å². The Morgan fingerprint density at radius 2 is 1.79 bits per heavy atom. The highest BCUT2D eigenvalue weighted by molar-refractivity contribution is 7.99. The largest absolute Gasteiger partial charge is 0.354 e. The zero-order chi connectivity index (χ0) is 23.0. The van der Waals surface area contributed by atoms with Crippen LogP contribution < -0.4 is 5.32 Å². The first-order valence-corrected chi connectivity index (χ1v) is 13.6. The number of carbonyl (C=O) groups excluding carboxylic acids is 1. The molecule has 9 heteroatoms. The van der Waals surface area contributed by atoms with Crippen molar-refractivity contribution in [3.8, 4) is 0 Å². The second kappa shape index (κ2) is 9.13. The van der Waals surface area contributed by atoms with Crippen LogP contribution in [0, 0.1) is 0 Å². The van der Waals surface area contributed by atoms with Crippen molar-refractivity contribution in [2.24, 2.45) is 0 Å². The van der Waals surface area contributed by atoms with Crippen LogP contribution in [0.5, 0.6) is 0 Å². The molecular weight excluding hydrogens is 456 g/mol. The van der Waals surface area contributed by atoms with Crippen molar-refractivity contribution in [1.29, 1.82) is 0 Å². The lowest BCUT2D eigenvalue weighted by atomic mass is 10.1. The maximum atomic E-state index is 13.4. The average Bonchev–Trinajstić information content (AvgIpc) is 3.37. The maximum absolute atomic E-state index is 13.4. The van der Waals surface area contributed by atoms with Gasteiger partial charge in [-0.25, -0.2) is 8.42 Å². The molecule has 0 aliphatic carbocycles. The number of rotatable bonds is 5. The molecule has 1 fully saturated rings. The number of piperazine rings is 1. The molecule has 1 atom stereocenters. The normalized spacial score (nSPS) is 19.6. The van der Waals surface area contributed by atoms with Gasteiger partial charge in [0, 0.05) is 48.7 Å². The number of sulfonamides is 1. The highest BCUT2D eigenvalue weighted by atomic mass is 32.2. The highest BCUT2D eigenvalue weighted by Gasteiger charge is 2.33. The van der Waals surface area contributed by atoms with Gasteiger partial charge in [-0.2, -0.15) is 4.31 Å². The molecule has 3 heterocycles. The molecule has 174 valence electrons. The second-order valence-corrected chi connectivity index (χ2v) is 11.9. The number of nitrogens with one attached hydrogen (secondary N) is 1. The van der Waals surface area contributed by atoms with Gasteiger partial charge in [0.25, 0.3) is 0 Å². The third-order valence-corrected chi connectivity index (χ3v) is 9.89. The van der Waals surface area contributed by atoms with Gasteiger partial charge in [0.05, 0.1) is 23.2 Å². The number of nitrogens with zero attached hydrogens (tertiary/aromatic N) is 3. The fraction of sp³-hybridized carbons (Fsp3) is 0.375. The van der Waals surface area contributed by atoms with Crippen molar-refractivity contribution in [3.63, 3.8) is 0 Å². The van der Waals surface area contributed by atoms with E-state index in [1.807, 2.05) is 53.6 Å². The third-order valence-electron chi connectivity index (χ3n) is 6.49. The van der Waals surface area contributed by atoms with Crippen LogP contribution in [0.4, 0.5) is 11.4 Å². The van der Waals surface area contributed by atoms with Crippen molar-refractivity contribution in [3.05, 3.63) is 60.3 Å². The van der Waals surface area contributed by atoms with E-state index in [0.717, 1.165) is 39.7 Å². The van der Waals surface area contributed by atoms with Gasteiger partial charge in [-0.3, -0.25) is 9.69 Å². The second-order valence-electron chi connectivity index (χ2n) is 8.60. The minimum absolute atomic E-state index is 0.0782. The van der Waals surface area contributed by atoms with E-state index in [2.05, 4.69) is 11.4 Å². The van der Waals surface area contributed by atoms with Crippen LogP contribution >= 0.6 is 11.8 Å². The molecular formula is C24H28N4O3S2. The summed E-state index contributed by atoms with van der Waals surface area (Å²) in [5, 5.41) is 2.79. The summed E-state index contributed by atoms with van der Waals surface area (Å²) in [6.45, 7) is 4.78. The van der Waals surface area contributed by atoms with Crippen molar-refractivity contribution in [2.75, 3.05) is 44.6 Å². The Hall–Kier alpha value is -2.33. The lowest BCUT2D eigenvalue weighted by Gasteiger charge is -2.35. The molecule has 0 spiro atoms. The summed E-state index contributed by atoms with van der Waals surface area (Å²) >= 11 is 1.69. The Morgan fingerprint density at radius 1 is 1.03 bits per heavy atom. The Balaban J connectivity index is 1.23. The van der Waals surface area contributed by atoms with Gasteiger partial charge < -0.3 is 10.2 Å². The van der Waals surface area contributed by atoms with Crippen molar-refractivity contribution in [2.45, 2.75) is 28.4 Å². The van der Waals surface area contributed by atoms with Crippen LogP contribution in [0.3, 0.4) is 0 Å². The Kier molecular flexibility index (Phi) is 6.22. The first kappa shape index (κ1) is 22.5. The molecule has 0 saturated carbocycles. The molecule has 1 N–H and O–H groups in total. The van der Waals surface area contributed by atoms with Gasteiger partial charge >= 0.3 is 0 Å². The zero-order valence-corrected chi connectivity index (χ0v) is 20.2. The average molecular weight is 485 g/mol. The molecule has 5 rings (SSSR count). The van der Waals surface area contributed by atoms with Gasteiger partial charge in [-0.05, 0) is 43.2 Å². The topological polar surface area (TPSA) is 73.0 Å². The minimum atomic E-state index is -3.50. The van der Waals surface area contributed by atoms with Crippen molar-refractivity contribution < 1.29 is 13.2 Å². The molecule has 0 aromatic heterocycles. The van der Waals surface area contributed by atoms with E-state index in [1.54, 1.807) is 27.9 Å². The number of carbonyl (C=O) groups is 1. The van der Waals surface area contributed by atoms with E-state index in [9.17, 15) is 13.2 Å². The van der Waals surface area contributed by atoms with Crippen molar-refractivity contribution >= 4 is 39.1 Å². The van der Waals surface area contributed by atoms with Gasteiger partial charge in [0.2, 0.25) is 15.9 Å². The SMILES string of the molecule is CC(c1ccc2c(c1)Nc1ccccc1S2)S(=O)(=O)N1CCN(CC(=O)N2C=CCC2)CC1. The molecule has 3 aliphatic rings. The maximum Gasteiger partial charge on any atom is 0.240 e. The molecule has 0 bridgehead atoms. The number of benzene rings is 2. The van der Waals surface area contributed by atoms with Crippen LogP contribution in [-0.4, -0.2) is 67.7 Å². The number of fused-ring (bicyclic) bond motifs is 2. The molecule has 1 amide bonds. The van der Waals surface area contributed by atoms with E-state index in [0.29, 0.717) is 32.7 Å². The summed E-state index contributed by atoms with van der Waals surface area (Å²) in [5.41, 5.74) is 2.76. The number of anilines is 2. The lowest BCUT2D eigenvalue weighted by Crippen LogP contribution is -2.51. The van der Waals surface area contributed by atoms with E-state index in [-0.39, 0.29) is 5.91 Å². The first-order chi connectivity index (χ1) is 15.9. The van der Waals surface area contributed by atoms with Gasteiger partial charge in [0.1, 0.15) is 0 Å². The summed E-state index contributed by atoms with van der Waals surface area (Å²) in [5.74, 6) is 0.0782. The Bertz CT molecular complexity index is 1190. The standard InChI is InChI=1S/C24H28N4O3S2/c1-18(19-8-9-23-21(16-19)25-20-6-2-3-7-22(20)32-23)33(30,31)28-14-12-26(13-15-28)17-24(29)27-10-4-5-11-27/h2-4,6-10,16,18,25H,5,11-15,17H2,1H3. The zero-order valence-electron chi connectivity index (χ0n) is 18.6. The fourth-order valence-electron chi connectivity index (χ4n) is 4.43. The smallest absolute Gasteiger partial charge is 0.240 e. The molecule has 2 aromatic carbocycles. The predicted molar refractivity (Wildman–Crippen MR) is 131 cm³/mol. The van der Waals surface area contributed by atoms with Gasteiger partial charge in [0.15, 0.2) is 0 Å².